The molecule has 1 rings (SSSR count). The molecule has 0 fully saturated rings. The van der Waals surface area contributed by atoms with Gasteiger partial charge in [0.15, 0.2) is 0 Å². The molecule has 1 nitrogen and oxygen atoms in total. The molecule has 65 valence electrons. The molecule has 1 aromatic rings. The summed E-state index contributed by atoms with van der Waals surface area (Å²) in [4.78, 5) is 0. The summed E-state index contributed by atoms with van der Waals surface area (Å²) in [6.07, 6.45) is 0. The Kier molecular flexibility index (Phi) is 3.06. The van der Waals surface area contributed by atoms with Crippen molar-refractivity contribution in [2.24, 2.45) is 0 Å². The zero-order chi connectivity index (χ0) is 9.14. The smallest absolute Gasteiger partial charge is 0.123 e. The second-order valence-corrected chi connectivity index (χ2v) is 2.95. The molecular formula is C9H9ClFO. The van der Waals surface area contributed by atoms with Gasteiger partial charge < -0.3 is 5.11 Å². The SMILES string of the molecule is [CH2]C(CO)c1cc(F)ccc1Cl. The lowest BCUT2D eigenvalue weighted by molar-refractivity contribution is 0.282. The highest BCUT2D eigenvalue weighted by Crippen LogP contribution is 2.24. The molecule has 1 N–H and O–H groups in total. The van der Waals surface area contributed by atoms with Crippen LogP contribution in [-0.4, -0.2) is 11.7 Å². The summed E-state index contributed by atoms with van der Waals surface area (Å²) in [5, 5.41) is 9.20. The van der Waals surface area contributed by atoms with Gasteiger partial charge in [0.05, 0.1) is 0 Å². The third-order valence-electron chi connectivity index (χ3n) is 1.62. The Morgan fingerprint density at radius 3 is 2.83 bits per heavy atom. The van der Waals surface area contributed by atoms with Crippen molar-refractivity contribution in [3.8, 4) is 0 Å². The monoisotopic (exact) mass is 187 g/mol. The Hall–Kier alpha value is -0.600. The van der Waals surface area contributed by atoms with Crippen molar-refractivity contribution >= 4 is 11.6 Å². The quantitative estimate of drug-likeness (QED) is 0.754. The molecule has 0 saturated heterocycles. The minimum Gasteiger partial charge on any atom is -0.396 e. The molecule has 0 spiro atoms. The van der Waals surface area contributed by atoms with Gasteiger partial charge in [0.1, 0.15) is 5.82 Å². The molecule has 1 aromatic carbocycles. The summed E-state index contributed by atoms with van der Waals surface area (Å²) in [6, 6.07) is 4.02. The largest absolute Gasteiger partial charge is 0.396 e. The van der Waals surface area contributed by atoms with Crippen LogP contribution in [0.5, 0.6) is 0 Å². The summed E-state index contributed by atoms with van der Waals surface area (Å²) in [5.41, 5.74) is 0.541. The number of rotatable bonds is 2. The lowest BCUT2D eigenvalue weighted by atomic mass is 10.0. The van der Waals surface area contributed by atoms with Gasteiger partial charge in [-0.25, -0.2) is 4.39 Å². The number of halogens is 2. The van der Waals surface area contributed by atoms with Crippen molar-refractivity contribution in [2.45, 2.75) is 5.92 Å². The van der Waals surface area contributed by atoms with Crippen LogP contribution >= 0.6 is 11.6 Å². The standard InChI is InChI=1S/C9H9ClFO/c1-6(5-12)8-4-7(11)2-3-9(8)10/h2-4,6,12H,1,5H2. The molecule has 0 bridgehead atoms. The fraction of sp³-hybridized carbons (Fsp3) is 0.222. The van der Waals surface area contributed by atoms with Gasteiger partial charge in [-0.15, -0.1) is 0 Å². The molecular weight excluding hydrogens is 179 g/mol. The first-order valence-electron chi connectivity index (χ1n) is 3.54. The van der Waals surface area contributed by atoms with Crippen molar-refractivity contribution < 1.29 is 9.50 Å². The predicted molar refractivity (Wildman–Crippen MR) is 46.6 cm³/mol. The highest BCUT2D eigenvalue weighted by Gasteiger charge is 2.09. The van der Waals surface area contributed by atoms with Gasteiger partial charge in [-0.05, 0) is 30.7 Å². The zero-order valence-electron chi connectivity index (χ0n) is 6.43. The fourth-order valence-electron chi connectivity index (χ4n) is 0.926. The van der Waals surface area contributed by atoms with Gasteiger partial charge in [0, 0.05) is 17.5 Å². The van der Waals surface area contributed by atoms with Crippen LogP contribution in [0.15, 0.2) is 18.2 Å². The van der Waals surface area contributed by atoms with E-state index in [-0.39, 0.29) is 18.3 Å². The van der Waals surface area contributed by atoms with Crippen LogP contribution in [0.25, 0.3) is 0 Å². The normalized spacial score (nSPS) is 13.0. The van der Waals surface area contributed by atoms with Crippen LogP contribution < -0.4 is 0 Å². The van der Waals surface area contributed by atoms with Crippen molar-refractivity contribution in [1.82, 2.24) is 0 Å². The van der Waals surface area contributed by atoms with Gasteiger partial charge in [0.2, 0.25) is 0 Å². The maximum absolute atomic E-state index is 12.7. The third kappa shape index (κ3) is 1.96. The van der Waals surface area contributed by atoms with Crippen molar-refractivity contribution in [3.63, 3.8) is 0 Å². The van der Waals surface area contributed by atoms with E-state index in [2.05, 4.69) is 6.92 Å². The van der Waals surface area contributed by atoms with E-state index in [0.29, 0.717) is 10.6 Å². The molecule has 1 atom stereocenters. The average Bonchev–Trinajstić information content (AvgIpc) is 2.08. The van der Waals surface area contributed by atoms with Crippen LogP contribution in [0, 0.1) is 12.7 Å². The van der Waals surface area contributed by atoms with Gasteiger partial charge >= 0.3 is 0 Å². The fourth-order valence-corrected chi connectivity index (χ4v) is 1.20. The van der Waals surface area contributed by atoms with Crippen molar-refractivity contribution in [1.29, 1.82) is 0 Å². The molecule has 0 heterocycles. The van der Waals surface area contributed by atoms with Crippen LogP contribution in [-0.2, 0) is 0 Å². The molecule has 0 amide bonds. The lowest BCUT2D eigenvalue weighted by Crippen LogP contribution is -2.00. The summed E-state index contributed by atoms with van der Waals surface area (Å²) >= 11 is 5.75. The topological polar surface area (TPSA) is 20.2 Å². The maximum Gasteiger partial charge on any atom is 0.123 e. The van der Waals surface area contributed by atoms with Crippen LogP contribution in [0.2, 0.25) is 5.02 Å². The van der Waals surface area contributed by atoms with Gasteiger partial charge in [0.25, 0.3) is 0 Å². The van der Waals surface area contributed by atoms with Crippen molar-refractivity contribution in [3.05, 3.63) is 41.5 Å². The maximum atomic E-state index is 12.7. The number of aliphatic hydroxyl groups is 1. The molecule has 0 aliphatic carbocycles. The molecule has 0 aromatic heterocycles. The van der Waals surface area contributed by atoms with Crippen LogP contribution in [0.4, 0.5) is 4.39 Å². The van der Waals surface area contributed by atoms with Crippen LogP contribution in [0.1, 0.15) is 11.5 Å². The first-order chi connectivity index (χ1) is 5.65. The summed E-state index contributed by atoms with van der Waals surface area (Å²) in [5.74, 6) is -0.732. The van der Waals surface area contributed by atoms with E-state index in [0.717, 1.165) is 0 Å². The molecule has 0 aliphatic heterocycles. The minimum absolute atomic E-state index is 0.136. The Bertz CT molecular complexity index is 275. The minimum atomic E-state index is -0.367. The first kappa shape index (κ1) is 9.49. The number of hydrogen-bond acceptors (Lipinski definition) is 1. The van der Waals surface area contributed by atoms with E-state index >= 15 is 0 Å². The van der Waals surface area contributed by atoms with E-state index in [4.69, 9.17) is 16.7 Å². The zero-order valence-corrected chi connectivity index (χ0v) is 7.18. The van der Waals surface area contributed by atoms with E-state index in [9.17, 15) is 4.39 Å². The number of benzene rings is 1. The summed E-state index contributed by atoms with van der Waals surface area (Å²) in [7, 11) is 0. The highest BCUT2D eigenvalue weighted by molar-refractivity contribution is 6.31. The molecule has 1 radical (unpaired) electrons. The Labute approximate surface area is 75.8 Å². The molecule has 1 unspecified atom stereocenters. The molecule has 0 saturated carbocycles. The molecule has 3 heteroatoms. The number of hydrogen-bond donors (Lipinski definition) is 1. The van der Waals surface area contributed by atoms with Gasteiger partial charge in [-0.1, -0.05) is 11.6 Å². The first-order valence-corrected chi connectivity index (χ1v) is 3.92. The predicted octanol–water partition coefficient (Wildman–Crippen LogP) is 2.39. The van der Waals surface area contributed by atoms with Gasteiger partial charge in [-0.3, -0.25) is 0 Å². The van der Waals surface area contributed by atoms with Crippen LogP contribution in [0.3, 0.4) is 0 Å². The van der Waals surface area contributed by atoms with E-state index < -0.39 is 0 Å². The van der Waals surface area contributed by atoms with Gasteiger partial charge in [-0.2, -0.15) is 0 Å². The van der Waals surface area contributed by atoms with E-state index in [1.165, 1.54) is 18.2 Å². The summed E-state index contributed by atoms with van der Waals surface area (Å²) in [6.45, 7) is 3.49. The van der Waals surface area contributed by atoms with E-state index in [1.807, 2.05) is 0 Å². The second kappa shape index (κ2) is 3.87. The Balaban J connectivity index is 3.04. The number of aliphatic hydroxyl groups excluding tert-OH is 1. The molecule has 12 heavy (non-hydrogen) atoms. The summed E-state index contributed by atoms with van der Waals surface area (Å²) < 4.78 is 12.7. The average molecular weight is 188 g/mol. The highest BCUT2D eigenvalue weighted by atomic mass is 35.5. The van der Waals surface area contributed by atoms with Crippen molar-refractivity contribution in [2.75, 3.05) is 6.61 Å². The second-order valence-electron chi connectivity index (χ2n) is 2.55. The Morgan fingerprint density at radius 1 is 1.58 bits per heavy atom. The molecule has 0 aliphatic rings. The third-order valence-corrected chi connectivity index (χ3v) is 1.96. The Morgan fingerprint density at radius 2 is 2.25 bits per heavy atom. The van der Waals surface area contributed by atoms with E-state index in [1.54, 1.807) is 0 Å². The lowest BCUT2D eigenvalue weighted by Gasteiger charge is -2.09.